The van der Waals surface area contributed by atoms with Crippen molar-refractivity contribution in [2.75, 3.05) is 61.9 Å². The van der Waals surface area contributed by atoms with Crippen molar-refractivity contribution in [2.24, 2.45) is 5.92 Å². The average molecular weight is 481 g/mol. The van der Waals surface area contributed by atoms with E-state index in [0.29, 0.717) is 50.5 Å². The van der Waals surface area contributed by atoms with Crippen LogP contribution in [0, 0.1) is 5.92 Å². The van der Waals surface area contributed by atoms with Crippen molar-refractivity contribution in [3.63, 3.8) is 0 Å². The van der Waals surface area contributed by atoms with Crippen molar-refractivity contribution in [3.8, 4) is 5.88 Å². The Labute approximate surface area is 194 Å². The smallest absolute Gasteiger partial charge is 0.232 e. The molecule has 0 radical (unpaired) electrons. The zero-order chi connectivity index (χ0) is 22.7. The van der Waals surface area contributed by atoms with Crippen LogP contribution in [0.1, 0.15) is 37.6 Å². The van der Waals surface area contributed by atoms with E-state index in [-0.39, 0.29) is 0 Å². The SMILES string of the molecule is CC(C)c1ncc(N2CCC(COc3cnc(N4CCN(S(C)(=O)=O)CC4)cn3)CC2)s1. The van der Waals surface area contributed by atoms with Crippen LogP contribution in [-0.2, 0) is 10.0 Å². The molecule has 176 valence electrons. The Morgan fingerprint density at radius 2 is 1.72 bits per heavy atom. The Morgan fingerprint density at radius 3 is 2.28 bits per heavy atom. The van der Waals surface area contributed by atoms with Gasteiger partial charge in [-0.3, -0.25) is 0 Å². The summed E-state index contributed by atoms with van der Waals surface area (Å²) in [5, 5.41) is 2.47. The normalized spacial score (nSPS) is 19.0. The first-order chi connectivity index (χ1) is 15.3. The summed E-state index contributed by atoms with van der Waals surface area (Å²) in [6.45, 7) is 9.22. The van der Waals surface area contributed by atoms with Gasteiger partial charge in [-0.25, -0.2) is 23.4 Å². The predicted molar refractivity (Wildman–Crippen MR) is 127 cm³/mol. The molecule has 2 aromatic heterocycles. The Balaban J connectivity index is 1.21. The fourth-order valence-electron chi connectivity index (χ4n) is 4.01. The molecule has 0 spiro atoms. The molecule has 4 heterocycles. The second-order valence-corrected chi connectivity index (χ2v) is 11.8. The molecule has 11 heteroatoms. The highest BCUT2D eigenvalue weighted by atomic mass is 32.2. The maximum atomic E-state index is 11.6. The molecular weight excluding hydrogens is 448 g/mol. The third-order valence-electron chi connectivity index (χ3n) is 6.04. The van der Waals surface area contributed by atoms with E-state index >= 15 is 0 Å². The van der Waals surface area contributed by atoms with Crippen LogP contribution < -0.4 is 14.5 Å². The van der Waals surface area contributed by atoms with Crippen LogP contribution in [0.15, 0.2) is 18.6 Å². The van der Waals surface area contributed by atoms with E-state index in [0.717, 1.165) is 31.7 Å². The second kappa shape index (κ2) is 9.88. The third kappa shape index (κ3) is 5.68. The lowest BCUT2D eigenvalue weighted by Gasteiger charge is -2.33. The van der Waals surface area contributed by atoms with E-state index in [1.807, 2.05) is 6.20 Å². The summed E-state index contributed by atoms with van der Waals surface area (Å²) < 4.78 is 30.7. The molecule has 2 fully saturated rings. The lowest BCUT2D eigenvalue weighted by Crippen LogP contribution is -2.48. The van der Waals surface area contributed by atoms with E-state index in [1.165, 1.54) is 20.6 Å². The zero-order valence-electron chi connectivity index (χ0n) is 19.0. The van der Waals surface area contributed by atoms with Crippen LogP contribution >= 0.6 is 11.3 Å². The van der Waals surface area contributed by atoms with Gasteiger partial charge in [0.1, 0.15) is 10.8 Å². The van der Waals surface area contributed by atoms with Crippen LogP contribution in [0.4, 0.5) is 10.8 Å². The van der Waals surface area contributed by atoms with E-state index in [2.05, 4.69) is 38.6 Å². The van der Waals surface area contributed by atoms with Gasteiger partial charge in [0.25, 0.3) is 0 Å². The molecule has 32 heavy (non-hydrogen) atoms. The van der Waals surface area contributed by atoms with Gasteiger partial charge in [0, 0.05) is 45.2 Å². The molecule has 0 N–H and O–H groups in total. The quantitative estimate of drug-likeness (QED) is 0.597. The van der Waals surface area contributed by atoms with Gasteiger partial charge in [-0.1, -0.05) is 13.8 Å². The van der Waals surface area contributed by atoms with E-state index in [4.69, 9.17) is 4.74 Å². The Bertz CT molecular complexity index is 979. The molecule has 0 unspecified atom stereocenters. The van der Waals surface area contributed by atoms with E-state index in [9.17, 15) is 8.42 Å². The molecule has 2 aliphatic heterocycles. The molecule has 2 saturated heterocycles. The number of nitrogens with zero attached hydrogens (tertiary/aromatic N) is 6. The van der Waals surface area contributed by atoms with Crippen LogP contribution in [0.3, 0.4) is 0 Å². The summed E-state index contributed by atoms with van der Waals surface area (Å²) in [5.41, 5.74) is 0. The minimum atomic E-state index is -3.13. The summed E-state index contributed by atoms with van der Waals surface area (Å²) >= 11 is 1.80. The van der Waals surface area contributed by atoms with Crippen molar-refractivity contribution in [1.29, 1.82) is 0 Å². The van der Waals surface area contributed by atoms with Crippen molar-refractivity contribution >= 4 is 32.2 Å². The first-order valence-electron chi connectivity index (χ1n) is 11.1. The van der Waals surface area contributed by atoms with Gasteiger partial charge in [0.15, 0.2) is 0 Å². The first kappa shape index (κ1) is 23.2. The maximum absolute atomic E-state index is 11.6. The maximum Gasteiger partial charge on any atom is 0.232 e. The zero-order valence-corrected chi connectivity index (χ0v) is 20.6. The molecular formula is C21H32N6O3S2. The second-order valence-electron chi connectivity index (χ2n) is 8.79. The summed E-state index contributed by atoms with van der Waals surface area (Å²) in [5.74, 6) is 2.28. The summed E-state index contributed by atoms with van der Waals surface area (Å²) in [6, 6.07) is 0. The molecule has 2 aliphatic rings. The van der Waals surface area contributed by atoms with Crippen molar-refractivity contribution < 1.29 is 13.2 Å². The molecule has 4 rings (SSSR count). The van der Waals surface area contributed by atoms with Gasteiger partial charge in [0.05, 0.1) is 36.5 Å². The van der Waals surface area contributed by atoms with Crippen LogP contribution in [0.2, 0.25) is 0 Å². The fourth-order valence-corrected chi connectivity index (χ4v) is 5.81. The first-order valence-corrected chi connectivity index (χ1v) is 13.8. The van der Waals surface area contributed by atoms with Gasteiger partial charge < -0.3 is 14.5 Å². The summed E-state index contributed by atoms with van der Waals surface area (Å²) in [6.07, 6.45) is 8.81. The Hall–Kier alpha value is -1.98. The monoisotopic (exact) mass is 480 g/mol. The number of thiazole rings is 1. The minimum absolute atomic E-state index is 0.470. The van der Waals surface area contributed by atoms with Gasteiger partial charge >= 0.3 is 0 Å². The lowest BCUT2D eigenvalue weighted by atomic mass is 9.98. The molecule has 0 bridgehead atoms. The van der Waals surface area contributed by atoms with Crippen LogP contribution in [0.5, 0.6) is 5.88 Å². The highest BCUT2D eigenvalue weighted by Crippen LogP contribution is 2.31. The summed E-state index contributed by atoms with van der Waals surface area (Å²) in [4.78, 5) is 17.9. The Kier molecular flexibility index (Phi) is 7.16. The minimum Gasteiger partial charge on any atom is -0.476 e. The number of aromatic nitrogens is 3. The van der Waals surface area contributed by atoms with Gasteiger partial charge in [-0.2, -0.15) is 4.31 Å². The number of hydrogen-bond donors (Lipinski definition) is 0. The number of sulfonamides is 1. The number of hydrogen-bond acceptors (Lipinski definition) is 9. The van der Waals surface area contributed by atoms with Crippen molar-refractivity contribution in [2.45, 2.75) is 32.6 Å². The molecule has 0 atom stereocenters. The molecule has 0 aliphatic carbocycles. The molecule has 9 nitrogen and oxygen atoms in total. The largest absolute Gasteiger partial charge is 0.476 e. The van der Waals surface area contributed by atoms with Gasteiger partial charge in [-0.05, 0) is 18.8 Å². The third-order valence-corrected chi connectivity index (χ3v) is 8.71. The van der Waals surface area contributed by atoms with E-state index < -0.39 is 10.0 Å². The van der Waals surface area contributed by atoms with Crippen molar-refractivity contribution in [1.82, 2.24) is 19.3 Å². The molecule has 0 aromatic carbocycles. The molecule has 0 saturated carbocycles. The number of anilines is 2. The highest BCUT2D eigenvalue weighted by Gasteiger charge is 2.25. The standard InChI is InChI=1S/C21H32N6O3S2/c1-16(2)21-24-14-20(31-21)26-6-4-17(5-7-26)15-30-19-13-22-18(12-23-19)25-8-10-27(11-9-25)32(3,28)29/h12-14,16-17H,4-11,15H2,1-3H3. The van der Waals surface area contributed by atoms with Crippen molar-refractivity contribution in [3.05, 3.63) is 23.6 Å². The number of piperazine rings is 1. The highest BCUT2D eigenvalue weighted by molar-refractivity contribution is 7.88. The average Bonchev–Trinajstić information content (AvgIpc) is 3.29. The fraction of sp³-hybridized carbons (Fsp3) is 0.667. The van der Waals surface area contributed by atoms with E-state index in [1.54, 1.807) is 23.7 Å². The number of ether oxygens (including phenoxy) is 1. The molecule has 2 aromatic rings. The van der Waals surface area contributed by atoms with Crippen LogP contribution in [-0.4, -0.2) is 79.8 Å². The van der Waals surface area contributed by atoms with Gasteiger partial charge in [0.2, 0.25) is 15.9 Å². The number of rotatable bonds is 7. The van der Waals surface area contributed by atoms with Crippen LogP contribution in [0.25, 0.3) is 0 Å². The lowest BCUT2D eigenvalue weighted by molar-refractivity contribution is 0.215. The predicted octanol–water partition coefficient (Wildman–Crippen LogP) is 2.43. The topological polar surface area (TPSA) is 91.8 Å². The van der Waals surface area contributed by atoms with Gasteiger partial charge in [-0.15, -0.1) is 11.3 Å². The number of piperidine rings is 1. The summed E-state index contributed by atoms with van der Waals surface area (Å²) in [7, 11) is -3.13. The molecule has 0 amide bonds. The Morgan fingerprint density at radius 1 is 1.00 bits per heavy atom.